The van der Waals surface area contributed by atoms with E-state index in [1.54, 1.807) is 6.08 Å². The first-order valence-electron chi connectivity index (χ1n) is 42.2. The van der Waals surface area contributed by atoms with Crippen molar-refractivity contribution < 1.29 is 89.4 Å². The fraction of sp³-hybridized carbons (Fsp3) is 0.916. The van der Waals surface area contributed by atoms with Gasteiger partial charge in [-0.3, -0.25) is 4.79 Å². The molecule has 0 aromatic rings. The number of amides is 1. The molecule has 1 amide bonds. The molecule has 0 aromatic carbocycles. The first-order chi connectivity index (χ1) is 49.8. The minimum absolute atomic E-state index is 0.239. The molecule has 0 aromatic heterocycles. The topological polar surface area (TPSA) is 307 Å². The maximum atomic E-state index is 13.5. The molecule has 0 bridgehead atoms. The molecule has 17 atom stereocenters. The average Bonchev–Trinajstić information content (AvgIpc) is 0.781. The van der Waals surface area contributed by atoms with Gasteiger partial charge in [-0.15, -0.1) is 0 Å². The molecule has 19 nitrogen and oxygen atoms in total. The molecule has 17 unspecified atom stereocenters. The SMILES string of the molecule is CCCCCCCCCC/C=C\CCCCCCCCCCCCCCCCCCCCCC(=O)NC(COC1OC(CO)C(OC2OC(CO)C(OC3OC(CO)C(O)C(O)C3O)C(O)C2O)C(O)C1O)C(O)/C=C/CC/C=C/CCCCCCCCCCCCCCCCCCCCCC. The van der Waals surface area contributed by atoms with Crippen LogP contribution in [0, 0.1) is 0 Å². The van der Waals surface area contributed by atoms with Gasteiger partial charge in [0.2, 0.25) is 5.91 Å². The third kappa shape index (κ3) is 43.3. The van der Waals surface area contributed by atoms with E-state index in [0.717, 1.165) is 38.5 Å². The van der Waals surface area contributed by atoms with Crippen LogP contribution in [0.25, 0.3) is 0 Å². The Morgan fingerprint density at radius 1 is 0.343 bits per heavy atom. The van der Waals surface area contributed by atoms with Gasteiger partial charge in [0.1, 0.15) is 73.2 Å². The van der Waals surface area contributed by atoms with Gasteiger partial charge in [-0.05, 0) is 57.8 Å². The molecule has 3 aliphatic heterocycles. The number of carbonyl (C=O) groups is 1. The average molecular weight is 1460 g/mol. The van der Waals surface area contributed by atoms with Crippen LogP contribution < -0.4 is 5.32 Å². The van der Waals surface area contributed by atoms with Gasteiger partial charge in [-0.2, -0.15) is 0 Å². The summed E-state index contributed by atoms with van der Waals surface area (Å²) in [5, 5.41) is 121. The monoisotopic (exact) mass is 1450 g/mol. The summed E-state index contributed by atoms with van der Waals surface area (Å²) in [5.41, 5.74) is 0. The van der Waals surface area contributed by atoms with E-state index in [0.29, 0.717) is 12.8 Å². The summed E-state index contributed by atoms with van der Waals surface area (Å²) < 4.78 is 34.5. The zero-order chi connectivity index (χ0) is 73.9. The van der Waals surface area contributed by atoms with Crippen molar-refractivity contribution in [2.24, 2.45) is 0 Å². The quantitative estimate of drug-likeness (QED) is 0.0199. The van der Waals surface area contributed by atoms with E-state index < -0.39 is 124 Å². The van der Waals surface area contributed by atoms with Crippen molar-refractivity contribution in [3.05, 3.63) is 36.5 Å². The van der Waals surface area contributed by atoms with Gasteiger partial charge < -0.3 is 89.9 Å². The zero-order valence-electron chi connectivity index (χ0n) is 64.4. The molecule has 19 heteroatoms. The smallest absolute Gasteiger partial charge is 0.220 e. The minimum atomic E-state index is -1.98. The van der Waals surface area contributed by atoms with Crippen molar-refractivity contribution in [3.63, 3.8) is 0 Å². The first-order valence-corrected chi connectivity index (χ1v) is 42.2. The number of aliphatic hydroxyl groups is 11. The molecule has 0 spiro atoms. The van der Waals surface area contributed by atoms with E-state index in [-0.39, 0.29) is 18.9 Å². The van der Waals surface area contributed by atoms with Gasteiger partial charge in [0.25, 0.3) is 0 Å². The number of hydrogen-bond acceptors (Lipinski definition) is 18. The number of allylic oxidation sites excluding steroid dienone is 5. The molecule has 600 valence electrons. The predicted molar refractivity (Wildman–Crippen MR) is 406 cm³/mol. The van der Waals surface area contributed by atoms with Gasteiger partial charge in [0, 0.05) is 6.42 Å². The van der Waals surface area contributed by atoms with Crippen molar-refractivity contribution in [3.8, 4) is 0 Å². The van der Waals surface area contributed by atoms with Crippen LogP contribution in [-0.2, 0) is 33.2 Å². The van der Waals surface area contributed by atoms with Gasteiger partial charge in [0.15, 0.2) is 18.9 Å². The Bertz CT molecular complexity index is 1980. The lowest BCUT2D eigenvalue weighted by molar-refractivity contribution is -0.379. The largest absolute Gasteiger partial charge is 0.394 e. The van der Waals surface area contributed by atoms with Crippen LogP contribution in [0.4, 0.5) is 0 Å². The number of hydrogen-bond donors (Lipinski definition) is 12. The highest BCUT2D eigenvalue weighted by Gasteiger charge is 2.54. The zero-order valence-corrected chi connectivity index (χ0v) is 64.4. The second kappa shape index (κ2) is 63.9. The molecule has 3 fully saturated rings. The number of carbonyl (C=O) groups excluding carboxylic acids is 1. The summed E-state index contributed by atoms with van der Waals surface area (Å²) in [7, 11) is 0. The van der Waals surface area contributed by atoms with E-state index in [9.17, 15) is 61.0 Å². The van der Waals surface area contributed by atoms with E-state index in [1.165, 1.54) is 283 Å². The maximum absolute atomic E-state index is 13.5. The number of nitrogens with one attached hydrogen (secondary N) is 1. The summed E-state index contributed by atoms with van der Waals surface area (Å²) in [6.45, 7) is 1.78. The summed E-state index contributed by atoms with van der Waals surface area (Å²) in [4.78, 5) is 13.5. The standard InChI is InChI=1S/C83H155NO18/c1-3-5-7-9-11-13-15-17-19-21-23-25-27-29-31-32-33-34-35-37-39-41-43-45-47-49-51-53-55-57-59-61-71(89)84-66(67(88)60-58-56-54-52-50-48-46-44-42-40-38-36-30-28-26-24-22-20-18-16-14-12-10-8-6-4-2)65-97-81-77(95)74(92)79(69(63-86)99-81)102-83-78(96)75(93)80(70(64-87)100-83)101-82-76(94)73(91)72(90)68(62-85)98-82/h21,23,50,52,58,60,66-70,72-83,85-88,90-96H,3-20,22,24-49,51,53-57,59,61-65H2,1-2H3,(H,84,89)/b23-21-,52-50+,60-58+. The molecule has 3 aliphatic rings. The lowest BCUT2D eigenvalue weighted by Gasteiger charge is -2.48. The van der Waals surface area contributed by atoms with Crippen LogP contribution in [0.2, 0.25) is 0 Å². The minimum Gasteiger partial charge on any atom is -0.394 e. The maximum Gasteiger partial charge on any atom is 0.220 e. The molecule has 12 N–H and O–H groups in total. The lowest BCUT2D eigenvalue weighted by Crippen LogP contribution is -2.66. The van der Waals surface area contributed by atoms with E-state index in [1.807, 2.05) is 6.08 Å². The Morgan fingerprint density at radius 2 is 0.627 bits per heavy atom. The van der Waals surface area contributed by atoms with Crippen LogP contribution in [0.1, 0.15) is 354 Å². The van der Waals surface area contributed by atoms with Crippen LogP contribution >= 0.6 is 0 Å². The van der Waals surface area contributed by atoms with E-state index >= 15 is 0 Å². The summed E-state index contributed by atoms with van der Waals surface area (Å²) in [6, 6.07) is -0.990. The van der Waals surface area contributed by atoms with Crippen LogP contribution in [-0.4, -0.2) is 193 Å². The summed E-state index contributed by atoms with van der Waals surface area (Å²) >= 11 is 0. The van der Waals surface area contributed by atoms with Gasteiger partial charge in [0.05, 0.1) is 38.6 Å². The third-order valence-electron chi connectivity index (χ3n) is 21.2. The molecule has 3 rings (SSSR count). The number of unbranched alkanes of at least 4 members (excludes halogenated alkanes) is 48. The Balaban J connectivity index is 1.36. The normalized spacial score (nSPS) is 26.3. The Hall–Kier alpha value is -1.99. The highest BCUT2D eigenvalue weighted by Crippen LogP contribution is 2.33. The van der Waals surface area contributed by atoms with Crippen LogP contribution in [0.15, 0.2) is 36.5 Å². The van der Waals surface area contributed by atoms with Crippen molar-refractivity contribution in [1.82, 2.24) is 5.32 Å². The highest BCUT2D eigenvalue weighted by atomic mass is 16.8. The van der Waals surface area contributed by atoms with Crippen LogP contribution in [0.3, 0.4) is 0 Å². The van der Waals surface area contributed by atoms with Crippen molar-refractivity contribution in [2.45, 2.75) is 458 Å². The predicted octanol–water partition coefficient (Wildman–Crippen LogP) is 14.7. The van der Waals surface area contributed by atoms with Gasteiger partial charge >= 0.3 is 0 Å². The number of aliphatic hydroxyl groups excluding tert-OH is 11. The molecular weight excluding hydrogens is 1300 g/mol. The van der Waals surface area contributed by atoms with Gasteiger partial charge in [-0.1, -0.05) is 326 Å². The molecule has 0 radical (unpaired) electrons. The Morgan fingerprint density at radius 3 is 0.980 bits per heavy atom. The molecule has 3 saturated heterocycles. The second-order valence-corrected chi connectivity index (χ2v) is 30.3. The summed E-state index contributed by atoms with van der Waals surface area (Å²) in [5.74, 6) is -0.278. The van der Waals surface area contributed by atoms with E-state index in [2.05, 4.69) is 43.5 Å². The second-order valence-electron chi connectivity index (χ2n) is 30.3. The Kier molecular flexibility index (Phi) is 59.0. The summed E-state index contributed by atoms with van der Waals surface area (Å²) in [6.07, 6.45) is 52.9. The number of rotatable bonds is 68. The number of ether oxygens (including phenoxy) is 6. The molecule has 3 heterocycles. The first kappa shape index (κ1) is 94.2. The molecule has 0 aliphatic carbocycles. The fourth-order valence-corrected chi connectivity index (χ4v) is 14.4. The highest BCUT2D eigenvalue weighted by molar-refractivity contribution is 5.76. The third-order valence-corrected chi connectivity index (χ3v) is 21.2. The lowest BCUT2D eigenvalue weighted by atomic mass is 9.96. The fourth-order valence-electron chi connectivity index (χ4n) is 14.4. The van der Waals surface area contributed by atoms with E-state index in [4.69, 9.17) is 28.4 Å². The molecule has 102 heavy (non-hydrogen) atoms. The van der Waals surface area contributed by atoms with Gasteiger partial charge in [-0.25, -0.2) is 0 Å². The molecular formula is C83H155NO18. The Labute approximate surface area is 619 Å². The van der Waals surface area contributed by atoms with Crippen molar-refractivity contribution >= 4 is 5.91 Å². The van der Waals surface area contributed by atoms with Crippen LogP contribution in [0.5, 0.6) is 0 Å². The molecule has 0 saturated carbocycles. The van der Waals surface area contributed by atoms with Crippen molar-refractivity contribution in [2.75, 3.05) is 26.4 Å². The van der Waals surface area contributed by atoms with Crippen molar-refractivity contribution in [1.29, 1.82) is 0 Å².